The second kappa shape index (κ2) is 4.48. The Labute approximate surface area is 95.1 Å². The van der Waals surface area contributed by atoms with Gasteiger partial charge in [-0.25, -0.2) is 13.6 Å². The van der Waals surface area contributed by atoms with E-state index in [1.165, 1.54) is 0 Å². The highest BCUT2D eigenvalue weighted by atomic mass is 32.2. The van der Waals surface area contributed by atoms with E-state index in [-0.39, 0.29) is 17.6 Å². The molecule has 16 heavy (non-hydrogen) atoms. The van der Waals surface area contributed by atoms with Crippen molar-refractivity contribution in [3.63, 3.8) is 0 Å². The van der Waals surface area contributed by atoms with Crippen molar-refractivity contribution in [2.45, 2.75) is 5.92 Å². The molecule has 2 rings (SSSR count). The maximum absolute atomic E-state index is 11.1. The number of hydrogen-bond donors (Lipinski definition) is 2. The molecule has 0 radical (unpaired) electrons. The zero-order valence-corrected chi connectivity index (χ0v) is 9.65. The second-order valence-electron chi connectivity index (χ2n) is 4.11. The van der Waals surface area contributed by atoms with Crippen molar-refractivity contribution in [3.8, 4) is 0 Å². The molecule has 88 valence electrons. The van der Waals surface area contributed by atoms with Gasteiger partial charge in [-0.15, -0.1) is 0 Å². The molecule has 1 saturated heterocycles. The van der Waals surface area contributed by atoms with Gasteiger partial charge in [-0.05, 0) is 24.6 Å². The van der Waals surface area contributed by atoms with Crippen LogP contribution in [0.15, 0.2) is 24.4 Å². The lowest BCUT2D eigenvalue weighted by Crippen LogP contribution is -2.27. The minimum Gasteiger partial charge on any atom is -0.316 e. The van der Waals surface area contributed by atoms with Gasteiger partial charge >= 0.3 is 0 Å². The molecular weight excluding hydrogens is 226 g/mol. The molecule has 5 nitrogen and oxygen atoms in total. The van der Waals surface area contributed by atoms with Crippen LogP contribution in [0.2, 0.25) is 0 Å². The number of nitrogens with zero attached hydrogens (tertiary/aromatic N) is 1. The van der Waals surface area contributed by atoms with E-state index in [0.717, 1.165) is 12.2 Å². The molecule has 0 aromatic carbocycles. The molecule has 3 N–H and O–H groups in total. The first-order chi connectivity index (χ1) is 7.56. The molecule has 1 aliphatic heterocycles. The summed E-state index contributed by atoms with van der Waals surface area (Å²) in [6.07, 6.45) is 1.72. The molecule has 0 spiro atoms. The van der Waals surface area contributed by atoms with Crippen molar-refractivity contribution in [2.24, 2.45) is 11.1 Å². The molecule has 0 aliphatic carbocycles. The number of rotatable bonds is 3. The Kier molecular flexibility index (Phi) is 3.22. The highest BCUT2D eigenvalue weighted by Crippen LogP contribution is 2.27. The molecule has 0 amide bonds. The van der Waals surface area contributed by atoms with Crippen molar-refractivity contribution < 1.29 is 8.42 Å². The number of nitrogens with one attached hydrogen (secondary N) is 1. The van der Waals surface area contributed by atoms with E-state index in [2.05, 4.69) is 10.3 Å². The van der Waals surface area contributed by atoms with Gasteiger partial charge in [0.25, 0.3) is 0 Å². The number of aromatic nitrogens is 1. The van der Waals surface area contributed by atoms with Crippen LogP contribution in [0.4, 0.5) is 0 Å². The molecule has 1 fully saturated rings. The third kappa shape index (κ3) is 2.78. The van der Waals surface area contributed by atoms with Gasteiger partial charge in [0.05, 0.1) is 5.75 Å². The maximum Gasteiger partial charge on any atom is 0.209 e. The summed E-state index contributed by atoms with van der Waals surface area (Å²) < 4.78 is 22.2. The van der Waals surface area contributed by atoms with Crippen LogP contribution in [0.1, 0.15) is 11.6 Å². The summed E-state index contributed by atoms with van der Waals surface area (Å²) in [6.45, 7) is 1.44. The van der Waals surface area contributed by atoms with Crippen molar-refractivity contribution in [3.05, 3.63) is 30.1 Å². The minimum atomic E-state index is -3.42. The smallest absolute Gasteiger partial charge is 0.209 e. The first kappa shape index (κ1) is 11.5. The lowest BCUT2D eigenvalue weighted by atomic mass is 9.94. The Hall–Kier alpha value is -0.980. The molecular formula is C10H15N3O2S. The summed E-state index contributed by atoms with van der Waals surface area (Å²) in [6, 6.07) is 5.68. The number of pyridine rings is 1. The highest BCUT2D eigenvalue weighted by Gasteiger charge is 2.31. The van der Waals surface area contributed by atoms with Crippen LogP contribution in [-0.4, -0.2) is 32.2 Å². The van der Waals surface area contributed by atoms with E-state index in [1.54, 1.807) is 6.20 Å². The predicted octanol–water partition coefficient (Wildman–Crippen LogP) is -0.327. The van der Waals surface area contributed by atoms with Crippen LogP contribution in [0.3, 0.4) is 0 Å². The molecule has 2 atom stereocenters. The molecule has 6 heteroatoms. The zero-order valence-electron chi connectivity index (χ0n) is 8.83. The van der Waals surface area contributed by atoms with Crippen LogP contribution in [0, 0.1) is 5.92 Å². The Bertz CT molecular complexity index is 446. The van der Waals surface area contributed by atoms with Crippen molar-refractivity contribution in [1.29, 1.82) is 0 Å². The van der Waals surface area contributed by atoms with Crippen molar-refractivity contribution in [2.75, 3.05) is 18.8 Å². The number of hydrogen-bond acceptors (Lipinski definition) is 4. The number of primary sulfonamides is 1. The normalized spacial score (nSPS) is 25.8. The molecule has 1 aromatic rings. The molecule has 0 saturated carbocycles. The largest absolute Gasteiger partial charge is 0.316 e. The fourth-order valence-corrected chi connectivity index (χ4v) is 3.09. The van der Waals surface area contributed by atoms with E-state index in [4.69, 9.17) is 5.14 Å². The van der Waals surface area contributed by atoms with E-state index in [1.807, 2.05) is 18.2 Å². The molecule has 1 aromatic heterocycles. The molecule has 2 unspecified atom stereocenters. The van der Waals surface area contributed by atoms with Gasteiger partial charge < -0.3 is 5.32 Å². The highest BCUT2D eigenvalue weighted by molar-refractivity contribution is 7.89. The van der Waals surface area contributed by atoms with Gasteiger partial charge in [-0.2, -0.15) is 0 Å². The Balaban J connectivity index is 2.16. The van der Waals surface area contributed by atoms with E-state index < -0.39 is 10.0 Å². The monoisotopic (exact) mass is 241 g/mol. The first-order valence-electron chi connectivity index (χ1n) is 5.18. The summed E-state index contributed by atoms with van der Waals surface area (Å²) in [5, 5.41) is 8.26. The average Bonchev–Trinajstić information content (AvgIpc) is 2.64. The maximum atomic E-state index is 11.1. The van der Waals surface area contributed by atoms with E-state index in [0.29, 0.717) is 6.54 Å². The van der Waals surface area contributed by atoms with Gasteiger partial charge in [0, 0.05) is 24.4 Å². The third-order valence-corrected chi connectivity index (χ3v) is 3.75. The lowest BCUT2D eigenvalue weighted by molar-refractivity contribution is 0.536. The molecule has 2 heterocycles. The van der Waals surface area contributed by atoms with Crippen LogP contribution in [0.5, 0.6) is 0 Å². The van der Waals surface area contributed by atoms with Crippen molar-refractivity contribution in [1.82, 2.24) is 10.3 Å². The van der Waals surface area contributed by atoms with Gasteiger partial charge in [0.2, 0.25) is 10.0 Å². The zero-order chi connectivity index (χ0) is 11.6. The molecule has 0 bridgehead atoms. The van der Waals surface area contributed by atoms with Crippen LogP contribution < -0.4 is 10.5 Å². The van der Waals surface area contributed by atoms with Gasteiger partial charge in [-0.3, -0.25) is 4.98 Å². The average molecular weight is 241 g/mol. The van der Waals surface area contributed by atoms with Crippen molar-refractivity contribution >= 4 is 10.0 Å². The first-order valence-corrected chi connectivity index (χ1v) is 6.90. The topological polar surface area (TPSA) is 85.1 Å². The minimum absolute atomic E-state index is 0.0151. The van der Waals surface area contributed by atoms with Gasteiger partial charge in [0.1, 0.15) is 0 Å². The lowest BCUT2D eigenvalue weighted by Gasteiger charge is -2.16. The van der Waals surface area contributed by atoms with Gasteiger partial charge in [-0.1, -0.05) is 6.07 Å². The number of sulfonamides is 1. The third-order valence-electron chi connectivity index (χ3n) is 2.85. The number of nitrogens with two attached hydrogens (primary N) is 1. The molecule has 1 aliphatic rings. The van der Waals surface area contributed by atoms with Crippen LogP contribution in [0.25, 0.3) is 0 Å². The standard InChI is InChI=1S/C10H15N3O2S/c11-16(14,15)7-8-5-12-6-9(8)10-3-1-2-4-13-10/h1-4,8-9,12H,5-7H2,(H2,11,14,15). The summed E-state index contributed by atoms with van der Waals surface area (Å²) in [5.74, 6) is 0.172. The fourth-order valence-electron chi connectivity index (χ4n) is 2.15. The van der Waals surface area contributed by atoms with E-state index >= 15 is 0 Å². The SMILES string of the molecule is NS(=O)(=O)CC1CNCC1c1ccccn1. The van der Waals surface area contributed by atoms with E-state index in [9.17, 15) is 8.42 Å². The second-order valence-corrected chi connectivity index (χ2v) is 5.77. The Morgan fingerprint density at radius 2 is 2.25 bits per heavy atom. The van der Waals surface area contributed by atoms with Gasteiger partial charge in [0.15, 0.2) is 0 Å². The summed E-state index contributed by atoms with van der Waals surface area (Å²) in [4.78, 5) is 4.27. The quantitative estimate of drug-likeness (QED) is 0.759. The summed E-state index contributed by atoms with van der Waals surface area (Å²) >= 11 is 0. The summed E-state index contributed by atoms with van der Waals surface area (Å²) in [5.41, 5.74) is 0.932. The summed E-state index contributed by atoms with van der Waals surface area (Å²) in [7, 11) is -3.42. The Morgan fingerprint density at radius 1 is 1.44 bits per heavy atom. The predicted molar refractivity (Wildman–Crippen MR) is 61.3 cm³/mol. The fraction of sp³-hybridized carbons (Fsp3) is 0.500. The Morgan fingerprint density at radius 3 is 2.88 bits per heavy atom. The van der Waals surface area contributed by atoms with Crippen LogP contribution >= 0.6 is 0 Å². The van der Waals surface area contributed by atoms with Crippen LogP contribution in [-0.2, 0) is 10.0 Å².